The van der Waals surface area contributed by atoms with Crippen molar-refractivity contribution in [1.29, 1.82) is 0 Å². The maximum atomic E-state index is 13.1. The molecule has 0 unspecified atom stereocenters. The van der Waals surface area contributed by atoms with E-state index in [0.717, 1.165) is 12.3 Å². The number of nitrogens with one attached hydrogen (secondary N) is 1. The number of rotatable bonds is 4. The lowest BCUT2D eigenvalue weighted by Crippen LogP contribution is -2.13. The van der Waals surface area contributed by atoms with Crippen molar-refractivity contribution in [3.8, 4) is 0 Å². The lowest BCUT2D eigenvalue weighted by molar-refractivity contribution is -0.136. The van der Waals surface area contributed by atoms with Crippen LogP contribution in [0, 0.1) is 5.82 Å². The number of carboxylic acids is 1. The van der Waals surface area contributed by atoms with Crippen LogP contribution in [0.5, 0.6) is 0 Å². The predicted molar refractivity (Wildman–Crippen MR) is 74.9 cm³/mol. The topological polar surface area (TPSA) is 79.3 Å². The van der Waals surface area contributed by atoms with E-state index in [9.17, 15) is 14.0 Å². The minimum Gasteiger partial charge on any atom is -0.481 e. The van der Waals surface area contributed by atoms with Crippen molar-refractivity contribution in [3.63, 3.8) is 0 Å². The average Bonchev–Trinajstić information content (AvgIpc) is 2.41. The van der Waals surface area contributed by atoms with Gasteiger partial charge < -0.3 is 10.4 Å². The normalized spacial score (nSPS) is 10.2. The van der Waals surface area contributed by atoms with Crippen molar-refractivity contribution in [2.45, 2.75) is 6.42 Å². The molecule has 0 bridgehead atoms. The Balaban J connectivity index is 2.19. The maximum Gasteiger partial charge on any atom is 0.307 e. The number of amides is 1. The van der Waals surface area contributed by atoms with E-state index in [1.165, 1.54) is 6.07 Å². The van der Waals surface area contributed by atoms with Crippen molar-refractivity contribution < 1.29 is 19.1 Å². The van der Waals surface area contributed by atoms with E-state index in [0.29, 0.717) is 11.3 Å². The first kappa shape index (κ1) is 14.9. The van der Waals surface area contributed by atoms with E-state index in [4.69, 9.17) is 16.7 Å². The summed E-state index contributed by atoms with van der Waals surface area (Å²) in [4.78, 5) is 26.2. The molecule has 0 saturated carbocycles. The van der Waals surface area contributed by atoms with Crippen molar-refractivity contribution >= 4 is 29.2 Å². The van der Waals surface area contributed by atoms with E-state index >= 15 is 0 Å². The molecule has 2 rings (SSSR count). The average molecular weight is 309 g/mol. The zero-order valence-electron chi connectivity index (χ0n) is 10.6. The number of anilines is 1. The van der Waals surface area contributed by atoms with Crippen LogP contribution in [0.1, 0.15) is 15.9 Å². The van der Waals surface area contributed by atoms with Gasteiger partial charge in [-0.1, -0.05) is 23.7 Å². The summed E-state index contributed by atoms with van der Waals surface area (Å²) in [5, 5.41) is 11.1. The van der Waals surface area contributed by atoms with Crippen LogP contribution in [0.15, 0.2) is 36.5 Å². The number of aromatic nitrogens is 1. The third-order valence-electron chi connectivity index (χ3n) is 2.59. The number of carboxylic acid groups (broad SMARTS) is 1. The maximum absolute atomic E-state index is 13.1. The SMILES string of the molecule is O=C(O)Cc1cccc(NC(=O)c2cc(F)cnc2Cl)c1. The molecule has 0 spiro atoms. The molecule has 0 saturated heterocycles. The van der Waals surface area contributed by atoms with Crippen LogP contribution in [-0.4, -0.2) is 22.0 Å². The van der Waals surface area contributed by atoms with E-state index in [-0.39, 0.29) is 17.1 Å². The van der Waals surface area contributed by atoms with E-state index in [2.05, 4.69) is 10.3 Å². The van der Waals surface area contributed by atoms with Gasteiger partial charge in [-0.05, 0) is 23.8 Å². The highest BCUT2D eigenvalue weighted by molar-refractivity contribution is 6.33. The first-order chi connectivity index (χ1) is 9.95. The highest BCUT2D eigenvalue weighted by Crippen LogP contribution is 2.17. The number of benzene rings is 1. The Morgan fingerprint density at radius 3 is 2.81 bits per heavy atom. The molecule has 0 fully saturated rings. The Kier molecular flexibility index (Phi) is 4.49. The predicted octanol–water partition coefficient (Wildman–Crippen LogP) is 2.75. The third-order valence-corrected chi connectivity index (χ3v) is 2.89. The van der Waals surface area contributed by atoms with Crippen LogP contribution in [-0.2, 0) is 11.2 Å². The van der Waals surface area contributed by atoms with Gasteiger partial charge in [-0.25, -0.2) is 9.37 Å². The first-order valence-electron chi connectivity index (χ1n) is 5.89. The molecule has 0 aliphatic carbocycles. The summed E-state index contributed by atoms with van der Waals surface area (Å²) in [6, 6.07) is 7.32. The van der Waals surface area contributed by atoms with Crippen LogP contribution in [0.4, 0.5) is 10.1 Å². The second-order valence-electron chi connectivity index (χ2n) is 4.22. The van der Waals surface area contributed by atoms with Gasteiger partial charge in [0.15, 0.2) is 0 Å². The number of carbonyl (C=O) groups excluding carboxylic acids is 1. The summed E-state index contributed by atoms with van der Waals surface area (Å²) in [5.41, 5.74) is 0.822. The zero-order valence-corrected chi connectivity index (χ0v) is 11.4. The fourth-order valence-electron chi connectivity index (χ4n) is 1.71. The first-order valence-corrected chi connectivity index (χ1v) is 6.26. The zero-order chi connectivity index (χ0) is 15.4. The van der Waals surface area contributed by atoms with Crippen LogP contribution >= 0.6 is 11.6 Å². The molecule has 1 heterocycles. The molecular weight excluding hydrogens is 299 g/mol. The number of pyridine rings is 1. The number of hydrogen-bond acceptors (Lipinski definition) is 3. The fourth-order valence-corrected chi connectivity index (χ4v) is 1.90. The van der Waals surface area contributed by atoms with Gasteiger partial charge in [0.25, 0.3) is 5.91 Å². The Labute approximate surface area is 124 Å². The molecule has 0 atom stereocenters. The molecule has 7 heteroatoms. The number of halogens is 2. The second kappa shape index (κ2) is 6.32. The van der Waals surface area contributed by atoms with Crippen molar-refractivity contribution in [3.05, 3.63) is 58.6 Å². The molecule has 2 N–H and O–H groups in total. The Morgan fingerprint density at radius 1 is 1.33 bits per heavy atom. The molecule has 1 aromatic carbocycles. The van der Waals surface area contributed by atoms with Gasteiger partial charge in [-0.2, -0.15) is 0 Å². The lowest BCUT2D eigenvalue weighted by Gasteiger charge is -2.07. The van der Waals surface area contributed by atoms with Gasteiger partial charge in [0.2, 0.25) is 0 Å². The van der Waals surface area contributed by atoms with E-state index in [1.54, 1.807) is 18.2 Å². The van der Waals surface area contributed by atoms with Crippen LogP contribution < -0.4 is 5.32 Å². The lowest BCUT2D eigenvalue weighted by atomic mass is 10.1. The van der Waals surface area contributed by atoms with Crippen molar-refractivity contribution in [2.75, 3.05) is 5.32 Å². The Morgan fingerprint density at radius 2 is 2.10 bits per heavy atom. The van der Waals surface area contributed by atoms with Crippen molar-refractivity contribution in [2.24, 2.45) is 0 Å². The Hall–Kier alpha value is -2.47. The smallest absolute Gasteiger partial charge is 0.307 e. The summed E-state index contributed by atoms with van der Waals surface area (Å²) in [5.74, 6) is -2.28. The second-order valence-corrected chi connectivity index (χ2v) is 4.57. The quantitative estimate of drug-likeness (QED) is 0.851. The monoisotopic (exact) mass is 308 g/mol. The largest absolute Gasteiger partial charge is 0.481 e. The summed E-state index contributed by atoms with van der Waals surface area (Å²) < 4.78 is 13.1. The molecule has 21 heavy (non-hydrogen) atoms. The molecule has 0 aliphatic heterocycles. The molecular formula is C14H10ClFN2O3. The minimum atomic E-state index is -0.976. The Bertz CT molecular complexity index is 706. The van der Waals surface area contributed by atoms with Gasteiger partial charge in [-0.3, -0.25) is 9.59 Å². The molecule has 2 aromatic rings. The van der Waals surface area contributed by atoms with Gasteiger partial charge in [0.05, 0.1) is 18.2 Å². The highest BCUT2D eigenvalue weighted by Gasteiger charge is 2.13. The van der Waals surface area contributed by atoms with E-state index < -0.39 is 17.7 Å². The van der Waals surface area contributed by atoms with Gasteiger partial charge in [-0.15, -0.1) is 0 Å². The number of nitrogens with zero attached hydrogens (tertiary/aromatic N) is 1. The van der Waals surface area contributed by atoms with Gasteiger partial charge in [0, 0.05) is 5.69 Å². The summed E-state index contributed by atoms with van der Waals surface area (Å²) in [6.07, 6.45) is 0.749. The van der Waals surface area contributed by atoms with Gasteiger partial charge >= 0.3 is 5.97 Å². The molecule has 0 aliphatic rings. The molecule has 5 nitrogen and oxygen atoms in total. The number of hydrogen-bond donors (Lipinski definition) is 2. The molecule has 0 radical (unpaired) electrons. The van der Waals surface area contributed by atoms with Crippen molar-refractivity contribution in [1.82, 2.24) is 4.98 Å². The molecule has 1 aromatic heterocycles. The standard InChI is InChI=1S/C14H10ClFN2O3/c15-13-11(6-9(16)7-17-13)14(21)18-10-3-1-2-8(4-10)5-12(19)20/h1-4,6-7H,5H2,(H,18,21)(H,19,20). The van der Waals surface area contributed by atoms with Crippen LogP contribution in [0.3, 0.4) is 0 Å². The van der Waals surface area contributed by atoms with Crippen LogP contribution in [0.2, 0.25) is 5.15 Å². The van der Waals surface area contributed by atoms with E-state index in [1.807, 2.05) is 0 Å². The number of carbonyl (C=O) groups is 2. The minimum absolute atomic E-state index is 0.0969. The fraction of sp³-hybridized carbons (Fsp3) is 0.0714. The summed E-state index contributed by atoms with van der Waals surface area (Å²) >= 11 is 5.74. The van der Waals surface area contributed by atoms with Crippen LogP contribution in [0.25, 0.3) is 0 Å². The van der Waals surface area contributed by atoms with Gasteiger partial charge in [0.1, 0.15) is 11.0 Å². The molecule has 1 amide bonds. The highest BCUT2D eigenvalue weighted by atomic mass is 35.5. The number of aliphatic carboxylic acids is 1. The third kappa shape index (κ3) is 4.00. The summed E-state index contributed by atoms with van der Waals surface area (Å²) in [7, 11) is 0. The molecule has 108 valence electrons. The summed E-state index contributed by atoms with van der Waals surface area (Å²) in [6.45, 7) is 0.